The van der Waals surface area contributed by atoms with Crippen molar-refractivity contribution in [2.45, 2.75) is 32.7 Å². The molecule has 2 rings (SSSR count). The van der Waals surface area contributed by atoms with Gasteiger partial charge in [-0.3, -0.25) is 9.89 Å². The molecule has 2 heterocycles. The van der Waals surface area contributed by atoms with Crippen LogP contribution < -0.4 is 0 Å². The van der Waals surface area contributed by atoms with Gasteiger partial charge in [-0.2, -0.15) is 5.10 Å². The molecule has 0 saturated carbocycles. The number of aliphatic carboxylic acids is 1. The molecular formula is C13H17N3O3. The van der Waals surface area contributed by atoms with E-state index in [0.717, 1.165) is 17.0 Å². The third kappa shape index (κ3) is 2.67. The number of H-pyrrole nitrogens is 1. The minimum Gasteiger partial charge on any atom is -0.479 e. The van der Waals surface area contributed by atoms with E-state index in [0.29, 0.717) is 13.0 Å². The van der Waals surface area contributed by atoms with Crippen LogP contribution in [0, 0.1) is 13.8 Å². The second kappa shape index (κ2) is 5.26. The maximum absolute atomic E-state index is 12.0. The summed E-state index contributed by atoms with van der Waals surface area (Å²) < 4.78 is 0. The molecule has 0 aliphatic carbocycles. The minimum absolute atomic E-state index is 0.155. The van der Waals surface area contributed by atoms with Crippen molar-refractivity contribution in [3.8, 4) is 0 Å². The van der Waals surface area contributed by atoms with Gasteiger partial charge in [0, 0.05) is 25.1 Å². The van der Waals surface area contributed by atoms with Gasteiger partial charge in [-0.15, -0.1) is 0 Å². The quantitative estimate of drug-likeness (QED) is 0.787. The number of amides is 1. The minimum atomic E-state index is -0.992. The number of aromatic amines is 1. The van der Waals surface area contributed by atoms with Gasteiger partial charge in [-0.05, 0) is 19.4 Å². The molecule has 1 aromatic heterocycles. The zero-order valence-electron chi connectivity index (χ0n) is 11.0. The first-order valence-electron chi connectivity index (χ1n) is 6.20. The number of hydrogen-bond donors (Lipinski definition) is 2. The summed E-state index contributed by atoms with van der Waals surface area (Å²) in [6, 6.07) is -0.825. The number of nitrogens with zero attached hydrogens (tertiary/aromatic N) is 2. The summed E-state index contributed by atoms with van der Waals surface area (Å²) in [5.74, 6) is -1.15. The molecule has 1 aliphatic rings. The maximum atomic E-state index is 12.0. The molecule has 6 heteroatoms. The molecule has 0 unspecified atom stereocenters. The van der Waals surface area contributed by atoms with E-state index in [1.807, 2.05) is 13.8 Å². The molecule has 102 valence electrons. The van der Waals surface area contributed by atoms with Crippen molar-refractivity contribution in [3.05, 3.63) is 29.1 Å². The predicted molar refractivity (Wildman–Crippen MR) is 68.7 cm³/mol. The van der Waals surface area contributed by atoms with E-state index >= 15 is 0 Å². The van der Waals surface area contributed by atoms with Crippen molar-refractivity contribution >= 4 is 11.9 Å². The van der Waals surface area contributed by atoms with Gasteiger partial charge in [-0.25, -0.2) is 4.79 Å². The summed E-state index contributed by atoms with van der Waals surface area (Å²) in [5.41, 5.74) is 2.92. The van der Waals surface area contributed by atoms with Crippen molar-refractivity contribution in [1.29, 1.82) is 0 Å². The summed E-state index contributed by atoms with van der Waals surface area (Å²) in [7, 11) is 0. The molecule has 6 nitrogen and oxygen atoms in total. The van der Waals surface area contributed by atoms with E-state index in [1.54, 1.807) is 12.2 Å². The van der Waals surface area contributed by atoms with Gasteiger partial charge in [0.05, 0.1) is 5.69 Å². The first-order chi connectivity index (χ1) is 9.00. The SMILES string of the molecule is Cc1[nH]nc(CCC(=O)N2CC=C[C@H]2C(=O)O)c1C. The van der Waals surface area contributed by atoms with Crippen molar-refractivity contribution < 1.29 is 14.7 Å². The smallest absolute Gasteiger partial charge is 0.330 e. The Morgan fingerprint density at radius 3 is 2.84 bits per heavy atom. The average molecular weight is 263 g/mol. The van der Waals surface area contributed by atoms with Crippen molar-refractivity contribution in [2.75, 3.05) is 6.54 Å². The van der Waals surface area contributed by atoms with Crippen LogP contribution in [0.3, 0.4) is 0 Å². The number of carbonyl (C=O) groups is 2. The van der Waals surface area contributed by atoms with Crippen LogP contribution in [0.15, 0.2) is 12.2 Å². The first-order valence-corrected chi connectivity index (χ1v) is 6.20. The Balaban J connectivity index is 1.95. The second-order valence-corrected chi connectivity index (χ2v) is 4.68. The number of nitrogens with one attached hydrogen (secondary N) is 1. The van der Waals surface area contributed by atoms with E-state index in [4.69, 9.17) is 5.11 Å². The monoisotopic (exact) mass is 263 g/mol. The lowest BCUT2D eigenvalue weighted by Crippen LogP contribution is -2.40. The second-order valence-electron chi connectivity index (χ2n) is 4.68. The number of carboxylic acids is 1. The Morgan fingerprint density at radius 2 is 2.26 bits per heavy atom. The van der Waals surface area contributed by atoms with Crippen LogP contribution >= 0.6 is 0 Å². The van der Waals surface area contributed by atoms with Crippen LogP contribution in [0.2, 0.25) is 0 Å². The standard InChI is InChI=1S/C13H17N3O3/c1-8-9(2)14-15-10(8)5-6-12(17)16-7-3-4-11(16)13(18)19/h3-4,11H,5-7H2,1-2H3,(H,14,15)(H,18,19)/t11-/m0/s1. The molecule has 1 aromatic rings. The zero-order valence-corrected chi connectivity index (χ0v) is 11.0. The van der Waals surface area contributed by atoms with Gasteiger partial charge in [0.1, 0.15) is 6.04 Å². The third-order valence-electron chi connectivity index (χ3n) is 3.46. The lowest BCUT2D eigenvalue weighted by atomic mass is 10.1. The lowest BCUT2D eigenvalue weighted by molar-refractivity contribution is -0.146. The summed E-state index contributed by atoms with van der Waals surface area (Å²) in [6.07, 6.45) is 4.05. The van der Waals surface area contributed by atoms with E-state index in [9.17, 15) is 9.59 Å². The molecule has 0 radical (unpaired) electrons. The lowest BCUT2D eigenvalue weighted by Gasteiger charge is -2.21. The van der Waals surface area contributed by atoms with Gasteiger partial charge in [0.2, 0.25) is 5.91 Å². The highest BCUT2D eigenvalue weighted by molar-refractivity contribution is 5.86. The summed E-state index contributed by atoms with van der Waals surface area (Å²) in [5, 5.41) is 16.0. The van der Waals surface area contributed by atoms with Crippen LogP contribution in [-0.4, -0.2) is 44.7 Å². The van der Waals surface area contributed by atoms with E-state index in [1.165, 1.54) is 4.90 Å². The number of aromatic nitrogens is 2. The fraction of sp³-hybridized carbons (Fsp3) is 0.462. The van der Waals surface area contributed by atoms with Crippen LogP contribution in [0.1, 0.15) is 23.4 Å². The highest BCUT2D eigenvalue weighted by Gasteiger charge is 2.29. The predicted octanol–water partition coefficient (Wildman–Crippen LogP) is 0.811. The Kier molecular flexibility index (Phi) is 3.69. The van der Waals surface area contributed by atoms with Gasteiger partial charge in [-0.1, -0.05) is 12.2 Å². The van der Waals surface area contributed by atoms with Gasteiger partial charge >= 0.3 is 5.97 Å². The third-order valence-corrected chi connectivity index (χ3v) is 3.46. The van der Waals surface area contributed by atoms with Crippen LogP contribution in [0.4, 0.5) is 0 Å². The van der Waals surface area contributed by atoms with Crippen LogP contribution in [0.5, 0.6) is 0 Å². The molecule has 0 spiro atoms. The first kappa shape index (κ1) is 13.3. The van der Waals surface area contributed by atoms with Gasteiger partial charge in [0.15, 0.2) is 0 Å². The highest BCUT2D eigenvalue weighted by Crippen LogP contribution is 2.15. The summed E-state index contributed by atoms with van der Waals surface area (Å²) >= 11 is 0. The normalized spacial score (nSPS) is 18.0. The molecule has 2 N–H and O–H groups in total. The highest BCUT2D eigenvalue weighted by atomic mass is 16.4. The average Bonchev–Trinajstić information content (AvgIpc) is 2.96. The van der Waals surface area contributed by atoms with Crippen LogP contribution in [-0.2, 0) is 16.0 Å². The fourth-order valence-corrected chi connectivity index (χ4v) is 2.14. The number of rotatable bonds is 4. The van der Waals surface area contributed by atoms with Crippen molar-refractivity contribution in [1.82, 2.24) is 15.1 Å². The molecule has 0 bridgehead atoms. The largest absolute Gasteiger partial charge is 0.479 e. The van der Waals surface area contributed by atoms with Gasteiger partial charge < -0.3 is 10.0 Å². The van der Waals surface area contributed by atoms with Gasteiger partial charge in [0.25, 0.3) is 0 Å². The number of hydrogen-bond acceptors (Lipinski definition) is 3. The zero-order chi connectivity index (χ0) is 14.0. The topological polar surface area (TPSA) is 86.3 Å². The molecule has 1 amide bonds. The van der Waals surface area contributed by atoms with E-state index in [2.05, 4.69) is 10.2 Å². The van der Waals surface area contributed by atoms with Crippen molar-refractivity contribution in [2.24, 2.45) is 0 Å². The number of carboxylic acid groups (broad SMARTS) is 1. The number of aryl methyl sites for hydroxylation is 2. The molecule has 1 atom stereocenters. The van der Waals surface area contributed by atoms with E-state index in [-0.39, 0.29) is 12.3 Å². The molecule has 19 heavy (non-hydrogen) atoms. The summed E-state index contributed by atoms with van der Waals surface area (Å²) in [6.45, 7) is 4.25. The Labute approximate surface area is 111 Å². The molecule has 0 fully saturated rings. The molecule has 0 aromatic carbocycles. The summed E-state index contributed by atoms with van der Waals surface area (Å²) in [4.78, 5) is 24.4. The Morgan fingerprint density at radius 1 is 1.53 bits per heavy atom. The molecule has 0 saturated heterocycles. The maximum Gasteiger partial charge on any atom is 0.330 e. The number of carbonyl (C=O) groups excluding carboxylic acids is 1. The molecular weight excluding hydrogens is 246 g/mol. The van der Waals surface area contributed by atoms with Crippen LogP contribution in [0.25, 0.3) is 0 Å². The van der Waals surface area contributed by atoms with E-state index < -0.39 is 12.0 Å². The fourth-order valence-electron chi connectivity index (χ4n) is 2.14. The molecule has 1 aliphatic heterocycles. The Bertz CT molecular complexity index is 533. The Hall–Kier alpha value is -2.11. The van der Waals surface area contributed by atoms with Crippen molar-refractivity contribution in [3.63, 3.8) is 0 Å².